The second-order valence-electron chi connectivity index (χ2n) is 8.67. The minimum absolute atomic E-state index is 0.0838. The molecule has 2 aromatic carbocycles. The number of benzene rings is 2. The molecular weight excluding hydrogens is 416 g/mol. The van der Waals surface area contributed by atoms with Crippen molar-refractivity contribution in [1.82, 2.24) is 10.2 Å². The molecule has 1 aliphatic rings. The number of hydrogen-bond donors (Lipinski definition) is 3. The van der Waals surface area contributed by atoms with Crippen LogP contribution in [0.2, 0.25) is 0 Å². The summed E-state index contributed by atoms with van der Waals surface area (Å²) in [5.74, 6) is -0.718. The third-order valence-electron chi connectivity index (χ3n) is 6.17. The van der Waals surface area contributed by atoms with E-state index in [2.05, 4.69) is 17.6 Å². The molecule has 33 heavy (non-hydrogen) atoms. The van der Waals surface area contributed by atoms with Crippen LogP contribution in [0.3, 0.4) is 0 Å². The molecule has 1 heterocycles. The summed E-state index contributed by atoms with van der Waals surface area (Å²) in [4.78, 5) is 39.6. The lowest BCUT2D eigenvalue weighted by Gasteiger charge is -2.33. The van der Waals surface area contributed by atoms with E-state index in [-0.39, 0.29) is 23.6 Å². The van der Waals surface area contributed by atoms with Crippen molar-refractivity contribution in [2.24, 2.45) is 11.7 Å². The van der Waals surface area contributed by atoms with Gasteiger partial charge < -0.3 is 21.3 Å². The monoisotopic (exact) mass is 450 g/mol. The first-order valence-corrected chi connectivity index (χ1v) is 11.7. The molecule has 2 atom stereocenters. The van der Waals surface area contributed by atoms with Gasteiger partial charge in [-0.2, -0.15) is 0 Å². The zero-order valence-corrected chi connectivity index (χ0v) is 19.4. The number of carbonyl (C=O) groups is 3. The summed E-state index contributed by atoms with van der Waals surface area (Å²) in [6.07, 6.45) is 2.54. The quantitative estimate of drug-likeness (QED) is 0.575. The number of nitrogens with zero attached hydrogens (tertiary/aromatic N) is 1. The highest BCUT2D eigenvalue weighted by Crippen LogP contribution is 2.19. The van der Waals surface area contributed by atoms with Gasteiger partial charge in [0.2, 0.25) is 17.7 Å². The second kappa shape index (κ2) is 11.6. The Morgan fingerprint density at radius 2 is 1.64 bits per heavy atom. The van der Waals surface area contributed by atoms with Crippen molar-refractivity contribution in [1.29, 1.82) is 0 Å². The van der Waals surface area contributed by atoms with E-state index in [1.807, 2.05) is 54.6 Å². The number of anilines is 1. The molecule has 1 saturated heterocycles. The molecule has 176 valence electrons. The first kappa shape index (κ1) is 24.5. The minimum Gasteiger partial charge on any atom is -0.344 e. The number of amides is 3. The summed E-state index contributed by atoms with van der Waals surface area (Å²) in [5.41, 5.74) is 9.07. The Morgan fingerprint density at radius 1 is 1.00 bits per heavy atom. The number of nitrogens with one attached hydrogen (secondary N) is 2. The van der Waals surface area contributed by atoms with E-state index in [9.17, 15) is 14.4 Å². The third kappa shape index (κ3) is 6.89. The molecule has 0 unspecified atom stereocenters. The zero-order valence-electron chi connectivity index (χ0n) is 19.4. The van der Waals surface area contributed by atoms with E-state index in [1.54, 1.807) is 11.8 Å². The molecule has 7 nitrogen and oxygen atoms in total. The Balaban J connectivity index is 1.43. The maximum Gasteiger partial charge on any atom is 0.246 e. The normalized spacial score (nSPS) is 16.0. The van der Waals surface area contributed by atoms with Crippen molar-refractivity contribution in [2.45, 2.75) is 51.6 Å². The Hall–Kier alpha value is -3.19. The number of rotatable bonds is 8. The van der Waals surface area contributed by atoms with Gasteiger partial charge in [-0.15, -0.1) is 0 Å². The van der Waals surface area contributed by atoms with Crippen molar-refractivity contribution in [3.05, 3.63) is 65.7 Å². The Morgan fingerprint density at radius 3 is 2.24 bits per heavy atom. The number of piperidine rings is 1. The molecule has 0 saturated carbocycles. The Labute approximate surface area is 195 Å². The molecule has 0 aromatic heterocycles. The van der Waals surface area contributed by atoms with Gasteiger partial charge in [-0.1, -0.05) is 49.4 Å². The van der Waals surface area contributed by atoms with Crippen LogP contribution in [0.5, 0.6) is 0 Å². The largest absolute Gasteiger partial charge is 0.344 e. The van der Waals surface area contributed by atoms with E-state index < -0.39 is 12.1 Å². The average molecular weight is 451 g/mol. The maximum atomic E-state index is 12.7. The van der Waals surface area contributed by atoms with E-state index in [0.717, 1.165) is 12.0 Å². The fraction of sp³-hybridized carbons (Fsp3) is 0.423. The molecule has 3 amide bonds. The lowest BCUT2D eigenvalue weighted by atomic mass is 9.94. The molecule has 0 radical (unpaired) electrons. The zero-order chi connectivity index (χ0) is 23.8. The molecular formula is C26H34N4O3. The molecule has 0 spiro atoms. The number of likely N-dealkylation sites (tertiary alicyclic amines) is 1. The highest BCUT2D eigenvalue weighted by atomic mass is 16.2. The van der Waals surface area contributed by atoms with Crippen LogP contribution in [-0.2, 0) is 27.2 Å². The first-order chi connectivity index (χ1) is 15.9. The molecule has 7 heteroatoms. The van der Waals surface area contributed by atoms with Crippen LogP contribution in [0.25, 0.3) is 0 Å². The molecule has 1 aliphatic heterocycles. The summed E-state index contributed by atoms with van der Waals surface area (Å²) in [7, 11) is 0. The smallest absolute Gasteiger partial charge is 0.246 e. The van der Waals surface area contributed by atoms with Gasteiger partial charge >= 0.3 is 0 Å². The van der Waals surface area contributed by atoms with Crippen LogP contribution in [0.1, 0.15) is 37.8 Å². The van der Waals surface area contributed by atoms with Crippen LogP contribution in [0.15, 0.2) is 54.6 Å². The number of aryl methyl sites for hydroxylation is 1. The van der Waals surface area contributed by atoms with Crippen molar-refractivity contribution in [3.8, 4) is 0 Å². The average Bonchev–Trinajstić information content (AvgIpc) is 2.84. The molecule has 4 N–H and O–H groups in total. The standard InChI is InChI=1S/C26H34N4O3/c1-3-19-9-11-22(12-10-19)29-24(31)18(2)28-25(32)21-13-15-30(16-14-21)26(33)23(27)17-20-7-5-4-6-8-20/h4-12,18,21,23H,3,13-17,27H2,1-2H3,(H,28,32)(H,29,31)/t18-,23-/m0/s1. The fourth-order valence-corrected chi connectivity index (χ4v) is 4.02. The summed E-state index contributed by atoms with van der Waals surface area (Å²) < 4.78 is 0. The van der Waals surface area contributed by atoms with Crippen LogP contribution < -0.4 is 16.4 Å². The SMILES string of the molecule is CCc1ccc(NC(=O)[C@H](C)NC(=O)C2CCN(C(=O)[C@@H](N)Cc3ccccc3)CC2)cc1. The predicted octanol–water partition coefficient (Wildman–Crippen LogP) is 2.50. The van der Waals surface area contributed by atoms with E-state index in [1.165, 1.54) is 5.56 Å². The second-order valence-corrected chi connectivity index (χ2v) is 8.67. The lowest BCUT2D eigenvalue weighted by molar-refractivity contribution is -0.137. The van der Waals surface area contributed by atoms with Gasteiger partial charge in [-0.25, -0.2) is 0 Å². The van der Waals surface area contributed by atoms with Crippen molar-refractivity contribution in [2.75, 3.05) is 18.4 Å². The lowest BCUT2D eigenvalue weighted by Crippen LogP contribution is -2.51. The molecule has 2 aromatic rings. The van der Waals surface area contributed by atoms with Gasteiger partial charge in [-0.3, -0.25) is 14.4 Å². The number of carbonyl (C=O) groups excluding carboxylic acids is 3. The maximum absolute atomic E-state index is 12.7. The Bertz CT molecular complexity index is 938. The van der Waals surface area contributed by atoms with Crippen LogP contribution in [0, 0.1) is 5.92 Å². The molecule has 1 fully saturated rings. The molecule has 0 aliphatic carbocycles. The fourth-order valence-electron chi connectivity index (χ4n) is 4.02. The highest BCUT2D eigenvalue weighted by molar-refractivity contribution is 5.97. The van der Waals surface area contributed by atoms with Crippen LogP contribution in [-0.4, -0.2) is 47.8 Å². The van der Waals surface area contributed by atoms with Gasteiger partial charge in [0.05, 0.1) is 6.04 Å². The summed E-state index contributed by atoms with van der Waals surface area (Å²) >= 11 is 0. The summed E-state index contributed by atoms with van der Waals surface area (Å²) in [6, 6.07) is 16.1. The van der Waals surface area contributed by atoms with Crippen LogP contribution in [0.4, 0.5) is 5.69 Å². The summed E-state index contributed by atoms with van der Waals surface area (Å²) in [5, 5.41) is 5.65. The number of hydrogen-bond acceptors (Lipinski definition) is 4. The van der Waals surface area contributed by atoms with Gasteiger partial charge in [-0.05, 0) is 55.9 Å². The van der Waals surface area contributed by atoms with E-state index in [4.69, 9.17) is 5.73 Å². The Kier molecular flexibility index (Phi) is 8.60. The van der Waals surface area contributed by atoms with E-state index >= 15 is 0 Å². The third-order valence-corrected chi connectivity index (χ3v) is 6.17. The number of nitrogens with two attached hydrogens (primary N) is 1. The van der Waals surface area contributed by atoms with Crippen molar-refractivity contribution >= 4 is 23.4 Å². The minimum atomic E-state index is -0.651. The van der Waals surface area contributed by atoms with Gasteiger partial charge in [0.1, 0.15) is 6.04 Å². The molecule has 3 rings (SSSR count). The predicted molar refractivity (Wildman–Crippen MR) is 129 cm³/mol. The topological polar surface area (TPSA) is 105 Å². The van der Waals surface area contributed by atoms with Gasteiger partial charge in [0.15, 0.2) is 0 Å². The van der Waals surface area contributed by atoms with Gasteiger partial charge in [0.25, 0.3) is 0 Å². The van der Waals surface area contributed by atoms with Crippen molar-refractivity contribution < 1.29 is 14.4 Å². The van der Waals surface area contributed by atoms with Gasteiger partial charge in [0, 0.05) is 24.7 Å². The molecule has 0 bridgehead atoms. The highest BCUT2D eigenvalue weighted by Gasteiger charge is 2.30. The van der Waals surface area contributed by atoms with Crippen molar-refractivity contribution in [3.63, 3.8) is 0 Å². The van der Waals surface area contributed by atoms with E-state index in [0.29, 0.717) is 38.0 Å². The summed E-state index contributed by atoms with van der Waals surface area (Å²) in [6.45, 7) is 4.73. The first-order valence-electron chi connectivity index (χ1n) is 11.7. The van der Waals surface area contributed by atoms with Crippen LogP contribution >= 0.6 is 0 Å².